The standard InChI is InChI=1S/C18H25NO2/c20-18(17-13-15-10-4-5-11-16(15)19-17)21-12-6-9-14-7-2-1-3-8-14/h1-3,7-8,15-17,19H,4-6,9-13H2. The molecule has 0 aromatic heterocycles. The summed E-state index contributed by atoms with van der Waals surface area (Å²) in [5.74, 6) is 0.651. The monoisotopic (exact) mass is 287 g/mol. The van der Waals surface area contributed by atoms with E-state index in [2.05, 4.69) is 17.4 Å². The highest BCUT2D eigenvalue weighted by Crippen LogP contribution is 2.33. The number of carbonyl (C=O) groups is 1. The molecule has 0 radical (unpaired) electrons. The number of hydrogen-bond acceptors (Lipinski definition) is 3. The van der Waals surface area contributed by atoms with Crippen LogP contribution in [0.2, 0.25) is 0 Å². The van der Waals surface area contributed by atoms with Crippen LogP contribution < -0.4 is 5.32 Å². The molecule has 1 aromatic carbocycles. The minimum atomic E-state index is -0.0603. The van der Waals surface area contributed by atoms with Gasteiger partial charge in [-0.1, -0.05) is 43.2 Å². The van der Waals surface area contributed by atoms with Gasteiger partial charge in [-0.2, -0.15) is 0 Å². The van der Waals surface area contributed by atoms with Crippen LogP contribution in [0.15, 0.2) is 30.3 Å². The summed E-state index contributed by atoms with van der Waals surface area (Å²) in [5, 5.41) is 3.48. The number of nitrogens with one attached hydrogen (secondary N) is 1. The van der Waals surface area contributed by atoms with Gasteiger partial charge >= 0.3 is 5.97 Å². The van der Waals surface area contributed by atoms with Gasteiger partial charge in [0.2, 0.25) is 0 Å². The summed E-state index contributed by atoms with van der Waals surface area (Å²) in [5.41, 5.74) is 1.30. The Hall–Kier alpha value is -1.35. The average molecular weight is 287 g/mol. The van der Waals surface area contributed by atoms with E-state index in [1.807, 2.05) is 18.2 Å². The zero-order valence-electron chi connectivity index (χ0n) is 12.6. The highest BCUT2D eigenvalue weighted by molar-refractivity contribution is 5.76. The second-order valence-electron chi connectivity index (χ2n) is 6.36. The number of benzene rings is 1. The summed E-state index contributed by atoms with van der Waals surface area (Å²) in [6.07, 6.45) is 7.96. The van der Waals surface area contributed by atoms with Crippen molar-refractivity contribution in [3.63, 3.8) is 0 Å². The minimum Gasteiger partial charge on any atom is -0.465 e. The molecule has 0 bridgehead atoms. The molecule has 114 valence electrons. The highest BCUT2D eigenvalue weighted by atomic mass is 16.5. The first-order valence-corrected chi connectivity index (χ1v) is 8.29. The van der Waals surface area contributed by atoms with Gasteiger partial charge in [0.15, 0.2) is 0 Å². The SMILES string of the molecule is O=C(OCCCc1ccccc1)C1CC2CCCCC2N1. The van der Waals surface area contributed by atoms with Gasteiger partial charge in [0.1, 0.15) is 6.04 Å². The number of hydrogen-bond donors (Lipinski definition) is 1. The minimum absolute atomic E-state index is 0.0440. The van der Waals surface area contributed by atoms with E-state index >= 15 is 0 Å². The second-order valence-corrected chi connectivity index (χ2v) is 6.36. The summed E-state index contributed by atoms with van der Waals surface area (Å²) in [6.45, 7) is 0.529. The number of ether oxygens (including phenoxy) is 1. The second kappa shape index (κ2) is 7.08. The van der Waals surface area contributed by atoms with Gasteiger partial charge < -0.3 is 10.1 Å². The van der Waals surface area contributed by atoms with Crippen molar-refractivity contribution in [2.24, 2.45) is 5.92 Å². The molecule has 1 saturated heterocycles. The molecule has 21 heavy (non-hydrogen) atoms. The molecule has 3 nitrogen and oxygen atoms in total. The van der Waals surface area contributed by atoms with Gasteiger partial charge in [-0.25, -0.2) is 0 Å². The van der Waals surface area contributed by atoms with E-state index in [0.29, 0.717) is 18.6 Å². The van der Waals surface area contributed by atoms with E-state index < -0.39 is 0 Å². The molecule has 3 heteroatoms. The Morgan fingerprint density at radius 2 is 2.00 bits per heavy atom. The van der Waals surface area contributed by atoms with Crippen molar-refractivity contribution < 1.29 is 9.53 Å². The molecule has 3 unspecified atom stereocenters. The Kier molecular flexibility index (Phi) is 4.91. The lowest BCUT2D eigenvalue weighted by Crippen LogP contribution is -2.38. The normalized spacial score (nSPS) is 28.1. The van der Waals surface area contributed by atoms with Gasteiger partial charge in [-0.15, -0.1) is 0 Å². The van der Waals surface area contributed by atoms with Crippen molar-refractivity contribution in [2.45, 2.75) is 57.0 Å². The lowest BCUT2D eigenvalue weighted by molar-refractivity contribution is -0.146. The zero-order chi connectivity index (χ0) is 14.5. The Labute approximate surface area is 127 Å². The van der Waals surface area contributed by atoms with Crippen molar-refractivity contribution in [3.8, 4) is 0 Å². The fraction of sp³-hybridized carbons (Fsp3) is 0.611. The van der Waals surface area contributed by atoms with Crippen molar-refractivity contribution in [2.75, 3.05) is 6.61 Å². The van der Waals surface area contributed by atoms with E-state index in [9.17, 15) is 4.79 Å². The molecule has 1 N–H and O–H groups in total. The summed E-state index contributed by atoms with van der Waals surface area (Å²) in [7, 11) is 0. The molecule has 3 atom stereocenters. The summed E-state index contributed by atoms with van der Waals surface area (Å²) >= 11 is 0. The van der Waals surface area contributed by atoms with Crippen LogP contribution in [-0.4, -0.2) is 24.7 Å². The van der Waals surface area contributed by atoms with E-state index in [1.165, 1.54) is 31.2 Å². The third kappa shape index (κ3) is 3.85. The lowest BCUT2D eigenvalue weighted by atomic mass is 9.85. The van der Waals surface area contributed by atoms with E-state index in [0.717, 1.165) is 19.3 Å². The maximum atomic E-state index is 12.1. The third-order valence-corrected chi connectivity index (χ3v) is 4.84. The van der Waals surface area contributed by atoms with E-state index in [1.54, 1.807) is 0 Å². The van der Waals surface area contributed by atoms with Crippen LogP contribution in [0.3, 0.4) is 0 Å². The number of rotatable bonds is 5. The highest BCUT2D eigenvalue weighted by Gasteiger charge is 2.38. The number of fused-ring (bicyclic) bond motifs is 1. The van der Waals surface area contributed by atoms with Crippen molar-refractivity contribution in [1.82, 2.24) is 5.32 Å². The smallest absolute Gasteiger partial charge is 0.323 e. The van der Waals surface area contributed by atoms with Gasteiger partial charge in [0.05, 0.1) is 6.61 Å². The van der Waals surface area contributed by atoms with Gasteiger partial charge in [0, 0.05) is 6.04 Å². The first-order chi connectivity index (χ1) is 10.3. The quantitative estimate of drug-likeness (QED) is 0.668. The average Bonchev–Trinajstić information content (AvgIpc) is 2.96. The Morgan fingerprint density at radius 1 is 1.19 bits per heavy atom. The molecule has 0 amide bonds. The van der Waals surface area contributed by atoms with E-state index in [4.69, 9.17) is 4.74 Å². The van der Waals surface area contributed by atoms with Gasteiger partial charge in [0.25, 0.3) is 0 Å². The Balaban J connectivity index is 1.37. The predicted octanol–water partition coefficient (Wildman–Crippen LogP) is 3.08. The fourth-order valence-electron chi connectivity index (χ4n) is 3.70. The number of esters is 1. The van der Waals surface area contributed by atoms with E-state index in [-0.39, 0.29) is 12.0 Å². The van der Waals surface area contributed by atoms with Crippen LogP contribution in [-0.2, 0) is 16.0 Å². The molecule has 1 heterocycles. The van der Waals surface area contributed by atoms with Crippen LogP contribution in [0.5, 0.6) is 0 Å². The van der Waals surface area contributed by atoms with Crippen LogP contribution in [0.25, 0.3) is 0 Å². The van der Waals surface area contributed by atoms with Gasteiger partial charge in [-0.3, -0.25) is 4.79 Å². The van der Waals surface area contributed by atoms with Gasteiger partial charge in [-0.05, 0) is 43.6 Å². The summed E-state index contributed by atoms with van der Waals surface area (Å²) in [6, 6.07) is 10.8. The predicted molar refractivity (Wildman–Crippen MR) is 83.0 cm³/mol. The number of aryl methyl sites for hydroxylation is 1. The summed E-state index contributed by atoms with van der Waals surface area (Å²) < 4.78 is 5.45. The molecule has 3 rings (SSSR count). The Morgan fingerprint density at radius 3 is 2.81 bits per heavy atom. The van der Waals surface area contributed by atoms with Crippen LogP contribution in [0, 0.1) is 5.92 Å². The largest absolute Gasteiger partial charge is 0.465 e. The molecule has 0 spiro atoms. The maximum Gasteiger partial charge on any atom is 0.323 e. The molecular formula is C18H25NO2. The number of carbonyl (C=O) groups excluding carboxylic acids is 1. The molecule has 1 aliphatic heterocycles. The molecular weight excluding hydrogens is 262 g/mol. The first-order valence-electron chi connectivity index (χ1n) is 8.29. The Bertz CT molecular complexity index is 446. The zero-order valence-corrected chi connectivity index (χ0v) is 12.6. The maximum absolute atomic E-state index is 12.1. The van der Waals surface area contributed by atoms with Crippen LogP contribution in [0.1, 0.15) is 44.1 Å². The molecule has 2 aliphatic rings. The molecule has 1 aromatic rings. The van der Waals surface area contributed by atoms with Crippen molar-refractivity contribution in [1.29, 1.82) is 0 Å². The topological polar surface area (TPSA) is 38.3 Å². The summed E-state index contributed by atoms with van der Waals surface area (Å²) in [4.78, 5) is 12.1. The van der Waals surface area contributed by atoms with Crippen molar-refractivity contribution >= 4 is 5.97 Å². The lowest BCUT2D eigenvalue weighted by Gasteiger charge is -2.24. The van der Waals surface area contributed by atoms with Crippen LogP contribution >= 0.6 is 0 Å². The first kappa shape index (κ1) is 14.6. The molecule has 2 fully saturated rings. The molecule has 1 aliphatic carbocycles. The third-order valence-electron chi connectivity index (χ3n) is 4.84. The molecule has 1 saturated carbocycles. The fourth-order valence-corrected chi connectivity index (χ4v) is 3.70. The van der Waals surface area contributed by atoms with Crippen LogP contribution in [0.4, 0.5) is 0 Å². The van der Waals surface area contributed by atoms with Crippen molar-refractivity contribution in [3.05, 3.63) is 35.9 Å².